The van der Waals surface area contributed by atoms with E-state index in [2.05, 4.69) is 10.3 Å². The molecule has 28 heavy (non-hydrogen) atoms. The second kappa shape index (κ2) is 8.88. The monoisotopic (exact) mass is 401 g/mol. The number of amidine groups is 1. The first-order valence-electron chi connectivity index (χ1n) is 8.66. The zero-order valence-corrected chi connectivity index (χ0v) is 16.3. The van der Waals surface area contributed by atoms with Gasteiger partial charge in [-0.05, 0) is 42.0 Å². The summed E-state index contributed by atoms with van der Waals surface area (Å²) in [6.45, 7) is 0.252. The molecule has 1 atom stereocenters. The van der Waals surface area contributed by atoms with Crippen molar-refractivity contribution in [3.63, 3.8) is 0 Å². The summed E-state index contributed by atoms with van der Waals surface area (Å²) < 4.78 is 18.3. The highest BCUT2D eigenvalue weighted by Crippen LogP contribution is 2.30. The van der Waals surface area contributed by atoms with Crippen LogP contribution in [0.15, 0.2) is 53.5 Å². The number of halogens is 1. The van der Waals surface area contributed by atoms with Crippen molar-refractivity contribution in [3.05, 3.63) is 59.9 Å². The normalized spacial score (nSPS) is 18.2. The zero-order valence-electron chi connectivity index (χ0n) is 15.5. The van der Waals surface area contributed by atoms with Gasteiger partial charge in [-0.2, -0.15) is 0 Å². The molecule has 1 heterocycles. The molecule has 3 rings (SSSR count). The highest BCUT2D eigenvalue weighted by atomic mass is 32.2. The Morgan fingerprint density at radius 2 is 1.93 bits per heavy atom. The highest BCUT2D eigenvalue weighted by Gasteiger charge is 2.35. The smallest absolute Gasteiger partial charge is 0.233 e. The van der Waals surface area contributed by atoms with Gasteiger partial charge in [0.05, 0.1) is 24.6 Å². The minimum atomic E-state index is -0.543. The van der Waals surface area contributed by atoms with E-state index in [1.807, 2.05) is 0 Å². The average molecular weight is 401 g/mol. The van der Waals surface area contributed by atoms with Gasteiger partial charge in [0, 0.05) is 13.5 Å². The van der Waals surface area contributed by atoms with Crippen LogP contribution in [0.5, 0.6) is 5.75 Å². The van der Waals surface area contributed by atoms with Gasteiger partial charge in [-0.1, -0.05) is 23.9 Å². The molecule has 0 radical (unpaired) electrons. The van der Waals surface area contributed by atoms with Crippen LogP contribution in [0.4, 0.5) is 10.1 Å². The Balaban J connectivity index is 1.91. The summed E-state index contributed by atoms with van der Waals surface area (Å²) in [5, 5.41) is 2.47. The molecule has 2 aromatic rings. The number of rotatable bonds is 5. The van der Waals surface area contributed by atoms with Crippen LogP contribution in [0, 0.1) is 5.82 Å². The van der Waals surface area contributed by atoms with Crippen molar-refractivity contribution in [2.75, 3.05) is 14.2 Å². The summed E-state index contributed by atoms with van der Waals surface area (Å²) in [7, 11) is 3.12. The third-order valence-electron chi connectivity index (χ3n) is 4.23. The molecule has 2 amide bonds. The Hall–Kier alpha value is -2.87. The van der Waals surface area contributed by atoms with Crippen LogP contribution in [0.2, 0.25) is 0 Å². The topological polar surface area (TPSA) is 71.0 Å². The van der Waals surface area contributed by atoms with E-state index in [0.717, 1.165) is 5.56 Å². The van der Waals surface area contributed by atoms with E-state index in [4.69, 9.17) is 4.74 Å². The Bertz CT molecular complexity index is 885. The highest BCUT2D eigenvalue weighted by molar-refractivity contribution is 8.15. The van der Waals surface area contributed by atoms with Crippen LogP contribution in [0.1, 0.15) is 12.0 Å². The molecule has 1 fully saturated rings. The fourth-order valence-electron chi connectivity index (χ4n) is 2.70. The van der Waals surface area contributed by atoms with Crippen molar-refractivity contribution in [3.8, 4) is 5.75 Å². The molecule has 0 saturated carbocycles. The van der Waals surface area contributed by atoms with Crippen molar-refractivity contribution in [1.29, 1.82) is 0 Å². The molecule has 1 N–H and O–H groups in total. The first kappa shape index (κ1) is 19.9. The van der Waals surface area contributed by atoms with E-state index in [9.17, 15) is 14.0 Å². The maximum atomic E-state index is 13.2. The third kappa shape index (κ3) is 4.69. The van der Waals surface area contributed by atoms with Crippen molar-refractivity contribution in [2.24, 2.45) is 4.99 Å². The molecule has 6 nitrogen and oxygen atoms in total. The number of thioether (sulfide) groups is 1. The van der Waals surface area contributed by atoms with Crippen molar-refractivity contribution in [1.82, 2.24) is 10.2 Å². The molecule has 1 aliphatic heterocycles. The lowest BCUT2D eigenvalue weighted by atomic mass is 10.2. The number of carbonyl (C=O) groups is 2. The fourth-order valence-corrected chi connectivity index (χ4v) is 3.85. The lowest BCUT2D eigenvalue weighted by Crippen LogP contribution is -2.45. The van der Waals surface area contributed by atoms with Gasteiger partial charge in [-0.3, -0.25) is 14.5 Å². The van der Waals surface area contributed by atoms with Gasteiger partial charge in [-0.25, -0.2) is 9.38 Å². The van der Waals surface area contributed by atoms with Crippen molar-refractivity contribution < 1.29 is 18.7 Å². The van der Waals surface area contributed by atoms with Gasteiger partial charge >= 0.3 is 0 Å². The molecular weight excluding hydrogens is 381 g/mol. The zero-order chi connectivity index (χ0) is 20.1. The number of methoxy groups -OCH3 is 1. The SMILES string of the molecule is CNC(=O)[C@@H]1CC(=O)N(Cc2ccc(F)cc2)C(=Nc2ccc(OC)cc2)S1. The van der Waals surface area contributed by atoms with E-state index in [-0.39, 0.29) is 30.6 Å². The standard InChI is InChI=1S/C20H20FN3O3S/c1-22-19(26)17-11-18(25)24(12-13-3-5-14(21)6-4-13)20(28-17)23-15-7-9-16(27-2)10-8-15/h3-10,17H,11-12H2,1-2H3,(H,22,26)/t17-/m0/s1. The maximum Gasteiger partial charge on any atom is 0.233 e. The van der Waals surface area contributed by atoms with Crippen LogP contribution >= 0.6 is 11.8 Å². The number of hydrogen-bond acceptors (Lipinski definition) is 5. The number of amides is 2. The molecule has 0 bridgehead atoms. The maximum absolute atomic E-state index is 13.2. The summed E-state index contributed by atoms with van der Waals surface area (Å²) in [6, 6.07) is 13.1. The lowest BCUT2D eigenvalue weighted by Gasteiger charge is -2.31. The average Bonchev–Trinajstić information content (AvgIpc) is 2.71. The molecule has 0 aromatic heterocycles. The minimum Gasteiger partial charge on any atom is -0.497 e. The Morgan fingerprint density at radius 3 is 2.54 bits per heavy atom. The van der Waals surface area contributed by atoms with E-state index in [1.54, 1.807) is 50.6 Å². The lowest BCUT2D eigenvalue weighted by molar-refractivity contribution is -0.130. The van der Waals surface area contributed by atoms with Gasteiger partial charge in [0.25, 0.3) is 0 Å². The summed E-state index contributed by atoms with van der Waals surface area (Å²) in [5.41, 5.74) is 1.41. The molecule has 2 aromatic carbocycles. The molecular formula is C20H20FN3O3S. The number of nitrogens with one attached hydrogen (secondary N) is 1. The largest absolute Gasteiger partial charge is 0.497 e. The molecule has 146 valence electrons. The molecule has 0 aliphatic carbocycles. The number of carbonyl (C=O) groups excluding carboxylic acids is 2. The number of ether oxygens (including phenoxy) is 1. The number of nitrogens with zero attached hydrogens (tertiary/aromatic N) is 2. The predicted molar refractivity (Wildman–Crippen MR) is 107 cm³/mol. The first-order valence-corrected chi connectivity index (χ1v) is 9.54. The summed E-state index contributed by atoms with van der Waals surface area (Å²) >= 11 is 1.24. The van der Waals surface area contributed by atoms with Gasteiger partial charge in [0.2, 0.25) is 11.8 Å². The predicted octanol–water partition coefficient (Wildman–Crippen LogP) is 3.10. The Labute approximate surface area is 166 Å². The summed E-state index contributed by atoms with van der Waals surface area (Å²) in [4.78, 5) is 30.9. The van der Waals surface area contributed by atoms with E-state index in [0.29, 0.717) is 16.6 Å². The van der Waals surface area contributed by atoms with E-state index >= 15 is 0 Å². The number of benzene rings is 2. The van der Waals surface area contributed by atoms with Gasteiger partial charge in [0.15, 0.2) is 5.17 Å². The van der Waals surface area contributed by atoms with Crippen LogP contribution in [-0.2, 0) is 16.1 Å². The van der Waals surface area contributed by atoms with E-state index in [1.165, 1.54) is 28.8 Å². The van der Waals surface area contributed by atoms with Crippen molar-refractivity contribution >= 4 is 34.4 Å². The molecule has 8 heteroatoms. The molecule has 1 aliphatic rings. The third-order valence-corrected chi connectivity index (χ3v) is 5.42. The summed E-state index contributed by atoms with van der Waals surface area (Å²) in [5.74, 6) is -0.0659. The van der Waals surface area contributed by atoms with Gasteiger partial charge in [-0.15, -0.1) is 0 Å². The first-order chi connectivity index (χ1) is 13.5. The van der Waals surface area contributed by atoms with Gasteiger partial charge in [0.1, 0.15) is 11.6 Å². The Kier molecular flexibility index (Phi) is 6.30. The number of aliphatic imine (C=N–C) groups is 1. The summed E-state index contributed by atoms with van der Waals surface area (Å²) in [6.07, 6.45) is 0.0766. The quantitative estimate of drug-likeness (QED) is 0.836. The minimum absolute atomic E-state index is 0.0766. The van der Waals surface area contributed by atoms with Gasteiger partial charge < -0.3 is 10.1 Å². The van der Waals surface area contributed by atoms with Crippen LogP contribution in [0.3, 0.4) is 0 Å². The molecule has 1 saturated heterocycles. The van der Waals surface area contributed by atoms with Crippen LogP contribution in [0.25, 0.3) is 0 Å². The second-order valence-corrected chi connectivity index (χ2v) is 7.29. The van der Waals surface area contributed by atoms with Crippen LogP contribution in [-0.4, -0.2) is 41.3 Å². The van der Waals surface area contributed by atoms with E-state index < -0.39 is 5.25 Å². The fraction of sp³-hybridized carbons (Fsp3) is 0.250. The van der Waals surface area contributed by atoms with Crippen LogP contribution < -0.4 is 10.1 Å². The molecule has 0 spiro atoms. The number of hydrogen-bond donors (Lipinski definition) is 1. The molecule has 0 unspecified atom stereocenters. The Morgan fingerprint density at radius 1 is 1.25 bits per heavy atom. The van der Waals surface area contributed by atoms with Crippen molar-refractivity contribution in [2.45, 2.75) is 18.2 Å². The second-order valence-electron chi connectivity index (χ2n) is 6.12.